The first-order valence-corrected chi connectivity index (χ1v) is 6.23. The zero-order chi connectivity index (χ0) is 13.0. The number of nitrogens with two attached hydrogens (primary N) is 1. The van der Waals surface area contributed by atoms with Crippen molar-refractivity contribution in [2.75, 3.05) is 6.61 Å². The molecule has 1 aromatic carbocycles. The highest BCUT2D eigenvalue weighted by atomic mass is 19.3. The van der Waals surface area contributed by atoms with Crippen molar-refractivity contribution < 1.29 is 23.6 Å². The number of ether oxygens (including phenoxy) is 2. The molecular formula is C13H18F2NO2+. The van der Waals surface area contributed by atoms with Crippen LogP contribution in [-0.2, 0) is 6.54 Å². The number of halogens is 2. The molecule has 1 saturated carbocycles. The number of alkyl halides is 2. The van der Waals surface area contributed by atoms with Crippen molar-refractivity contribution in [1.82, 2.24) is 0 Å². The SMILES string of the molecule is CCOc1cc(C[NH2+]C2CC2)ccc1OC(F)F. The van der Waals surface area contributed by atoms with Gasteiger partial charge in [-0.2, -0.15) is 8.78 Å². The predicted octanol–water partition coefficient (Wildman–Crippen LogP) is 1.91. The monoisotopic (exact) mass is 258 g/mol. The van der Waals surface area contributed by atoms with Gasteiger partial charge < -0.3 is 14.8 Å². The predicted molar refractivity (Wildman–Crippen MR) is 62.9 cm³/mol. The molecule has 1 aromatic rings. The van der Waals surface area contributed by atoms with Crippen LogP contribution in [0.3, 0.4) is 0 Å². The highest BCUT2D eigenvalue weighted by molar-refractivity contribution is 5.42. The van der Waals surface area contributed by atoms with E-state index in [0.29, 0.717) is 12.4 Å². The minimum Gasteiger partial charge on any atom is -0.490 e. The van der Waals surface area contributed by atoms with E-state index < -0.39 is 6.61 Å². The standard InChI is InChI=1S/C13H17F2NO2/c1-2-17-12-7-9(8-16-10-4-5-10)3-6-11(12)18-13(14)15/h3,6-7,10,13,16H,2,4-5,8H2,1H3/p+1. The summed E-state index contributed by atoms with van der Waals surface area (Å²) in [7, 11) is 0. The van der Waals surface area contributed by atoms with Gasteiger partial charge >= 0.3 is 6.61 Å². The third-order valence-electron chi connectivity index (χ3n) is 2.83. The molecular weight excluding hydrogens is 240 g/mol. The lowest BCUT2D eigenvalue weighted by Crippen LogP contribution is -2.84. The van der Waals surface area contributed by atoms with Crippen LogP contribution in [0.4, 0.5) is 8.78 Å². The summed E-state index contributed by atoms with van der Waals surface area (Å²) in [6.45, 7) is 0.262. The lowest BCUT2D eigenvalue weighted by atomic mass is 10.2. The summed E-state index contributed by atoms with van der Waals surface area (Å²) in [6, 6.07) is 5.87. The molecule has 0 unspecified atom stereocenters. The van der Waals surface area contributed by atoms with Gasteiger partial charge in [0.25, 0.3) is 0 Å². The zero-order valence-electron chi connectivity index (χ0n) is 10.4. The molecule has 0 saturated heterocycles. The summed E-state index contributed by atoms with van der Waals surface area (Å²) in [5.41, 5.74) is 1.06. The first-order valence-electron chi connectivity index (χ1n) is 6.23. The van der Waals surface area contributed by atoms with Crippen LogP contribution in [0.5, 0.6) is 11.5 Å². The average molecular weight is 258 g/mol. The van der Waals surface area contributed by atoms with Crippen LogP contribution in [0.2, 0.25) is 0 Å². The minimum absolute atomic E-state index is 0.0991. The Morgan fingerprint density at radius 3 is 2.72 bits per heavy atom. The highest BCUT2D eigenvalue weighted by Crippen LogP contribution is 2.29. The molecule has 0 aromatic heterocycles. The van der Waals surface area contributed by atoms with Crippen molar-refractivity contribution in [3.8, 4) is 11.5 Å². The molecule has 1 fully saturated rings. The fourth-order valence-electron chi connectivity index (χ4n) is 1.78. The first kappa shape index (κ1) is 13.1. The molecule has 0 aliphatic heterocycles. The lowest BCUT2D eigenvalue weighted by Gasteiger charge is -2.12. The maximum absolute atomic E-state index is 12.2. The van der Waals surface area contributed by atoms with Crippen molar-refractivity contribution in [1.29, 1.82) is 0 Å². The van der Waals surface area contributed by atoms with Crippen LogP contribution in [0.25, 0.3) is 0 Å². The van der Waals surface area contributed by atoms with Crippen LogP contribution in [0.15, 0.2) is 18.2 Å². The Labute approximate surface area is 105 Å². The number of benzene rings is 1. The molecule has 1 aliphatic carbocycles. The second-order valence-electron chi connectivity index (χ2n) is 4.37. The third kappa shape index (κ3) is 3.84. The van der Waals surface area contributed by atoms with E-state index in [1.807, 2.05) is 6.92 Å². The number of hydrogen-bond acceptors (Lipinski definition) is 2. The Balaban J connectivity index is 2.05. The summed E-state index contributed by atoms with van der Waals surface area (Å²) in [4.78, 5) is 0. The summed E-state index contributed by atoms with van der Waals surface area (Å²) < 4.78 is 34.2. The Kier molecular flexibility index (Phi) is 4.36. The molecule has 0 bridgehead atoms. The van der Waals surface area contributed by atoms with Gasteiger partial charge in [-0.25, -0.2) is 0 Å². The van der Waals surface area contributed by atoms with Crippen LogP contribution in [0.1, 0.15) is 25.3 Å². The molecule has 0 spiro atoms. The average Bonchev–Trinajstić information content (AvgIpc) is 3.13. The number of quaternary nitrogens is 1. The van der Waals surface area contributed by atoms with Gasteiger partial charge in [0.2, 0.25) is 0 Å². The van der Waals surface area contributed by atoms with Crippen LogP contribution in [0, 0.1) is 0 Å². The summed E-state index contributed by atoms with van der Waals surface area (Å²) in [5.74, 6) is 0.488. The molecule has 2 N–H and O–H groups in total. The first-order chi connectivity index (χ1) is 8.69. The lowest BCUT2D eigenvalue weighted by molar-refractivity contribution is -0.683. The summed E-state index contributed by atoms with van der Waals surface area (Å²) in [6.07, 6.45) is 2.54. The van der Waals surface area contributed by atoms with Gasteiger partial charge in [0.15, 0.2) is 11.5 Å². The topological polar surface area (TPSA) is 35.1 Å². The van der Waals surface area contributed by atoms with Gasteiger partial charge in [0.1, 0.15) is 6.54 Å². The molecule has 1 aliphatic rings. The molecule has 0 amide bonds. The molecule has 3 nitrogen and oxygen atoms in total. The van der Waals surface area contributed by atoms with E-state index in [4.69, 9.17) is 4.74 Å². The largest absolute Gasteiger partial charge is 0.490 e. The Morgan fingerprint density at radius 2 is 2.11 bits per heavy atom. The molecule has 18 heavy (non-hydrogen) atoms. The Hall–Kier alpha value is -1.36. The van der Waals surface area contributed by atoms with E-state index in [-0.39, 0.29) is 5.75 Å². The normalized spacial score (nSPS) is 14.9. The van der Waals surface area contributed by atoms with E-state index in [2.05, 4.69) is 10.1 Å². The van der Waals surface area contributed by atoms with Crippen LogP contribution in [-0.4, -0.2) is 19.3 Å². The van der Waals surface area contributed by atoms with Crippen molar-refractivity contribution >= 4 is 0 Å². The quantitative estimate of drug-likeness (QED) is 0.811. The molecule has 100 valence electrons. The van der Waals surface area contributed by atoms with Crippen molar-refractivity contribution in [2.24, 2.45) is 0 Å². The van der Waals surface area contributed by atoms with Gasteiger partial charge in [-0.1, -0.05) is 0 Å². The summed E-state index contributed by atoms with van der Waals surface area (Å²) >= 11 is 0. The molecule has 0 atom stereocenters. The van der Waals surface area contributed by atoms with Gasteiger partial charge in [0, 0.05) is 18.4 Å². The molecule has 0 radical (unpaired) electrons. The zero-order valence-corrected chi connectivity index (χ0v) is 10.4. The van der Waals surface area contributed by atoms with Crippen molar-refractivity contribution in [3.63, 3.8) is 0 Å². The van der Waals surface area contributed by atoms with E-state index in [1.165, 1.54) is 12.8 Å². The van der Waals surface area contributed by atoms with Crippen LogP contribution >= 0.6 is 0 Å². The van der Waals surface area contributed by atoms with E-state index in [1.54, 1.807) is 18.2 Å². The Morgan fingerprint density at radius 1 is 1.33 bits per heavy atom. The van der Waals surface area contributed by atoms with Gasteiger partial charge in [-0.15, -0.1) is 0 Å². The third-order valence-corrected chi connectivity index (χ3v) is 2.83. The molecule has 5 heteroatoms. The summed E-state index contributed by atoms with van der Waals surface area (Å²) in [5, 5.41) is 2.26. The smallest absolute Gasteiger partial charge is 0.387 e. The Bertz CT molecular complexity index is 395. The maximum atomic E-state index is 12.2. The van der Waals surface area contributed by atoms with Gasteiger partial charge in [0.05, 0.1) is 12.6 Å². The second kappa shape index (κ2) is 6.00. The van der Waals surface area contributed by atoms with Crippen LogP contribution < -0.4 is 14.8 Å². The van der Waals surface area contributed by atoms with Gasteiger partial charge in [-0.3, -0.25) is 0 Å². The fourth-order valence-corrected chi connectivity index (χ4v) is 1.78. The van der Waals surface area contributed by atoms with E-state index >= 15 is 0 Å². The van der Waals surface area contributed by atoms with E-state index in [9.17, 15) is 8.78 Å². The van der Waals surface area contributed by atoms with Crippen molar-refractivity contribution in [2.45, 2.75) is 39.0 Å². The van der Waals surface area contributed by atoms with Gasteiger partial charge in [-0.05, 0) is 25.1 Å². The second-order valence-corrected chi connectivity index (χ2v) is 4.37. The maximum Gasteiger partial charge on any atom is 0.387 e. The van der Waals surface area contributed by atoms with E-state index in [0.717, 1.165) is 18.2 Å². The van der Waals surface area contributed by atoms with Crippen molar-refractivity contribution in [3.05, 3.63) is 23.8 Å². The number of hydrogen-bond donors (Lipinski definition) is 1. The highest BCUT2D eigenvalue weighted by Gasteiger charge is 2.24. The molecule has 2 rings (SSSR count). The fraction of sp³-hybridized carbons (Fsp3) is 0.538. The minimum atomic E-state index is -2.83. The molecule has 0 heterocycles. The number of rotatable bonds is 7.